The summed E-state index contributed by atoms with van der Waals surface area (Å²) in [5, 5.41) is 2.13. The van der Waals surface area contributed by atoms with E-state index in [9.17, 15) is 30.7 Å². The zero-order chi connectivity index (χ0) is 18.1. The first kappa shape index (κ1) is 19.6. The van der Waals surface area contributed by atoms with Crippen molar-refractivity contribution in [3.63, 3.8) is 0 Å². The van der Waals surface area contributed by atoms with Crippen LogP contribution in [0.15, 0.2) is 0 Å². The Labute approximate surface area is 129 Å². The lowest BCUT2D eigenvalue weighted by Crippen LogP contribution is -2.36. The molecule has 0 amide bonds. The summed E-state index contributed by atoms with van der Waals surface area (Å²) in [6.07, 6.45) is -9.97. The molecular weight excluding hydrogens is 327 g/mol. The van der Waals surface area contributed by atoms with Gasteiger partial charge in [-0.2, -0.15) is 0 Å². The number of nitrogens with one attached hydrogen (secondary N) is 1. The molecular formula is C15H18F7N. The van der Waals surface area contributed by atoms with Crippen LogP contribution in [0.1, 0.15) is 30.9 Å². The van der Waals surface area contributed by atoms with E-state index in [2.05, 4.69) is 5.32 Å². The first-order valence-corrected chi connectivity index (χ1v) is 6.97. The number of hydrogen-bond acceptors (Lipinski definition) is 1. The Bertz CT molecular complexity index is 559. The zero-order valence-electron chi connectivity index (χ0n) is 13.0. The second kappa shape index (κ2) is 7.40. The van der Waals surface area contributed by atoms with Gasteiger partial charge in [0, 0.05) is 18.2 Å². The minimum atomic E-state index is -2.78. The third kappa shape index (κ3) is 3.55. The van der Waals surface area contributed by atoms with E-state index in [1.807, 2.05) is 0 Å². The van der Waals surface area contributed by atoms with Gasteiger partial charge in [0.05, 0.1) is 11.6 Å². The summed E-state index contributed by atoms with van der Waals surface area (Å²) in [4.78, 5) is 0. The Hall–Kier alpha value is -1.47. The van der Waals surface area contributed by atoms with Crippen molar-refractivity contribution >= 4 is 5.69 Å². The maximum atomic E-state index is 14.3. The van der Waals surface area contributed by atoms with Crippen molar-refractivity contribution in [3.8, 4) is 0 Å². The fourth-order valence-electron chi connectivity index (χ4n) is 2.45. The summed E-state index contributed by atoms with van der Waals surface area (Å²) in [6.45, 7) is 2.42. The molecule has 0 aliphatic rings. The van der Waals surface area contributed by atoms with Gasteiger partial charge in [-0.3, -0.25) is 0 Å². The molecule has 1 aromatic rings. The second-order valence-electron chi connectivity index (χ2n) is 5.38. The van der Waals surface area contributed by atoms with Crippen LogP contribution in [0.3, 0.4) is 0 Å². The number of halogens is 7. The molecule has 1 rings (SSSR count). The highest BCUT2D eigenvalue weighted by atomic mass is 19.2. The molecule has 0 radical (unpaired) electrons. The molecule has 8 heteroatoms. The van der Waals surface area contributed by atoms with E-state index in [0.29, 0.717) is 0 Å². The average molecular weight is 345 g/mol. The van der Waals surface area contributed by atoms with Crippen LogP contribution >= 0.6 is 0 Å². The molecule has 0 fully saturated rings. The van der Waals surface area contributed by atoms with E-state index in [4.69, 9.17) is 0 Å². The molecule has 1 N–H and O–H groups in total. The molecule has 1 nitrogen and oxygen atoms in total. The Balaban J connectivity index is 3.62. The lowest BCUT2D eigenvalue weighted by atomic mass is 9.84. The van der Waals surface area contributed by atoms with E-state index in [-0.39, 0.29) is 0 Å². The van der Waals surface area contributed by atoms with Crippen molar-refractivity contribution in [1.82, 2.24) is 0 Å². The van der Waals surface area contributed by atoms with Gasteiger partial charge in [0.25, 0.3) is 0 Å². The van der Waals surface area contributed by atoms with Crippen LogP contribution < -0.4 is 5.32 Å². The van der Waals surface area contributed by atoms with E-state index in [0.717, 1.165) is 27.8 Å². The summed E-state index contributed by atoms with van der Waals surface area (Å²) in [6, 6.07) is 0. The van der Waals surface area contributed by atoms with Crippen molar-refractivity contribution in [2.45, 2.75) is 51.4 Å². The van der Waals surface area contributed by atoms with Crippen LogP contribution in [0.5, 0.6) is 0 Å². The topological polar surface area (TPSA) is 12.0 Å². The van der Waals surface area contributed by atoms with Gasteiger partial charge in [0.1, 0.15) is 24.3 Å². The molecule has 0 heterocycles. The largest absolute Gasteiger partial charge is 0.385 e. The lowest BCUT2D eigenvalue weighted by molar-refractivity contribution is 0.0547. The van der Waals surface area contributed by atoms with Gasteiger partial charge >= 0.3 is 0 Å². The Morgan fingerprint density at radius 3 is 1.70 bits per heavy atom. The van der Waals surface area contributed by atoms with Crippen molar-refractivity contribution in [1.29, 1.82) is 0 Å². The SMILES string of the molecule is CNc1c(F)c(F)c(C)c(F)c1C(C(C)F)C(F)C(F)C(C)F. The van der Waals surface area contributed by atoms with Crippen LogP contribution in [0.4, 0.5) is 36.4 Å². The van der Waals surface area contributed by atoms with Gasteiger partial charge < -0.3 is 5.32 Å². The van der Waals surface area contributed by atoms with Gasteiger partial charge in [-0.15, -0.1) is 0 Å². The van der Waals surface area contributed by atoms with Crippen LogP contribution in [-0.2, 0) is 0 Å². The second-order valence-corrected chi connectivity index (χ2v) is 5.38. The first-order chi connectivity index (χ1) is 10.6. The monoisotopic (exact) mass is 345 g/mol. The molecule has 132 valence electrons. The van der Waals surface area contributed by atoms with Crippen LogP contribution in [0.25, 0.3) is 0 Å². The Morgan fingerprint density at radius 1 is 0.783 bits per heavy atom. The van der Waals surface area contributed by atoms with Gasteiger partial charge in [-0.1, -0.05) is 0 Å². The first-order valence-electron chi connectivity index (χ1n) is 6.97. The maximum absolute atomic E-state index is 14.3. The smallest absolute Gasteiger partial charge is 0.182 e. The molecule has 5 unspecified atom stereocenters. The molecule has 0 aliphatic carbocycles. The number of rotatable bonds is 6. The molecule has 0 saturated carbocycles. The third-order valence-electron chi connectivity index (χ3n) is 3.74. The predicted octanol–water partition coefficient (Wildman–Crippen LogP) is 4.93. The Kier molecular flexibility index (Phi) is 6.30. The fourth-order valence-corrected chi connectivity index (χ4v) is 2.45. The fraction of sp³-hybridized carbons (Fsp3) is 0.600. The highest BCUT2D eigenvalue weighted by Crippen LogP contribution is 2.40. The summed E-state index contributed by atoms with van der Waals surface area (Å²) in [5.74, 6) is -6.60. The van der Waals surface area contributed by atoms with Gasteiger partial charge in [0.2, 0.25) is 0 Å². The molecule has 0 saturated heterocycles. The highest BCUT2D eigenvalue weighted by Gasteiger charge is 2.42. The van der Waals surface area contributed by atoms with E-state index >= 15 is 0 Å². The average Bonchev–Trinajstić information content (AvgIpc) is 2.49. The van der Waals surface area contributed by atoms with E-state index in [1.54, 1.807) is 0 Å². The molecule has 0 aliphatic heterocycles. The number of anilines is 1. The van der Waals surface area contributed by atoms with Gasteiger partial charge in [0.15, 0.2) is 17.8 Å². The number of alkyl halides is 4. The van der Waals surface area contributed by atoms with Crippen molar-refractivity contribution < 1.29 is 30.7 Å². The van der Waals surface area contributed by atoms with Crippen LogP contribution in [0.2, 0.25) is 0 Å². The minimum Gasteiger partial charge on any atom is -0.385 e. The quantitative estimate of drug-likeness (QED) is 0.569. The van der Waals surface area contributed by atoms with E-state index in [1.165, 1.54) is 0 Å². The molecule has 5 atom stereocenters. The summed E-state index contributed by atoms with van der Waals surface area (Å²) < 4.78 is 96.6. The molecule has 0 bridgehead atoms. The number of hydrogen-bond donors (Lipinski definition) is 1. The normalized spacial score (nSPS) is 18.2. The van der Waals surface area contributed by atoms with Crippen LogP contribution in [0, 0.1) is 24.4 Å². The lowest BCUT2D eigenvalue weighted by Gasteiger charge is -2.28. The zero-order valence-corrected chi connectivity index (χ0v) is 13.0. The molecule has 0 aromatic heterocycles. The summed E-state index contributed by atoms with van der Waals surface area (Å²) >= 11 is 0. The Morgan fingerprint density at radius 2 is 1.30 bits per heavy atom. The van der Waals surface area contributed by atoms with Crippen molar-refractivity contribution in [2.24, 2.45) is 0 Å². The van der Waals surface area contributed by atoms with Crippen molar-refractivity contribution in [3.05, 3.63) is 28.6 Å². The van der Waals surface area contributed by atoms with E-state index < -0.39 is 64.9 Å². The summed E-state index contributed by atoms with van der Waals surface area (Å²) in [7, 11) is 1.09. The molecule has 0 spiro atoms. The summed E-state index contributed by atoms with van der Waals surface area (Å²) in [5.41, 5.74) is -2.49. The predicted molar refractivity (Wildman–Crippen MR) is 74.3 cm³/mol. The van der Waals surface area contributed by atoms with Crippen molar-refractivity contribution in [2.75, 3.05) is 12.4 Å². The van der Waals surface area contributed by atoms with Crippen LogP contribution in [-0.4, -0.2) is 31.7 Å². The number of benzene rings is 1. The standard InChI is InChI=1S/C15H18F7N/c1-5-10(18)9(15(23-4)14(22)11(5)19)8(6(2)16)13(21)12(20)7(3)17/h6-8,12-13,23H,1-4H3. The van der Waals surface area contributed by atoms with Gasteiger partial charge in [-0.25, -0.2) is 30.7 Å². The molecule has 23 heavy (non-hydrogen) atoms. The van der Waals surface area contributed by atoms with Gasteiger partial charge in [-0.05, 0) is 20.8 Å². The maximum Gasteiger partial charge on any atom is 0.182 e. The minimum absolute atomic E-state index is 0.725. The third-order valence-corrected chi connectivity index (χ3v) is 3.74. The highest BCUT2D eigenvalue weighted by molar-refractivity contribution is 5.57. The molecule has 1 aromatic carbocycles.